The molecule has 42 heavy (non-hydrogen) atoms. The summed E-state index contributed by atoms with van der Waals surface area (Å²) in [7, 11) is 0. The van der Waals surface area contributed by atoms with Crippen molar-refractivity contribution in [3.63, 3.8) is 0 Å². The predicted molar refractivity (Wildman–Crippen MR) is 154 cm³/mol. The summed E-state index contributed by atoms with van der Waals surface area (Å²) in [6, 6.07) is 16.9. The van der Waals surface area contributed by atoms with Gasteiger partial charge in [0.1, 0.15) is 5.82 Å². The van der Waals surface area contributed by atoms with Gasteiger partial charge in [-0.2, -0.15) is 18.3 Å². The van der Waals surface area contributed by atoms with Gasteiger partial charge in [0, 0.05) is 18.5 Å². The van der Waals surface area contributed by atoms with Crippen LogP contribution in [0.5, 0.6) is 0 Å². The Morgan fingerprint density at radius 3 is 2.12 bits per heavy atom. The van der Waals surface area contributed by atoms with Crippen molar-refractivity contribution < 1.29 is 23.1 Å². The molecule has 0 fully saturated rings. The average molecular weight is 581 g/mol. The molecule has 0 radical (unpaired) electrons. The molecule has 10 heteroatoms. The first kappa shape index (κ1) is 30.7. The average Bonchev–Trinajstić information content (AvgIpc) is 3.21. The molecule has 0 aliphatic carbocycles. The van der Waals surface area contributed by atoms with Crippen LogP contribution in [0, 0.1) is 0 Å². The Morgan fingerprint density at radius 1 is 0.905 bits per heavy atom. The predicted octanol–water partition coefficient (Wildman–Crippen LogP) is 6.29. The molecule has 0 atom stereocenters. The Kier molecular flexibility index (Phi) is 9.03. The number of hydrogen-bond donors (Lipinski definition) is 1. The van der Waals surface area contributed by atoms with Gasteiger partial charge in [-0.25, -0.2) is 9.48 Å². The maximum Gasteiger partial charge on any atom is 0.416 e. The van der Waals surface area contributed by atoms with Crippen LogP contribution in [0.2, 0.25) is 0 Å². The number of aryl methyl sites for hydroxylation is 2. The van der Waals surface area contributed by atoms with Gasteiger partial charge < -0.3 is 5.11 Å². The molecule has 0 unspecified atom stereocenters. The molecular formula is C32H35F3N4O3. The number of carboxylic acids is 1. The second-order valence-electron chi connectivity index (χ2n) is 11.4. The van der Waals surface area contributed by atoms with E-state index in [0.29, 0.717) is 37.3 Å². The van der Waals surface area contributed by atoms with Crippen molar-refractivity contribution in [2.24, 2.45) is 0 Å². The van der Waals surface area contributed by atoms with E-state index in [0.717, 1.165) is 29.7 Å². The van der Waals surface area contributed by atoms with Crippen molar-refractivity contribution in [1.29, 1.82) is 0 Å². The first-order chi connectivity index (χ1) is 19.7. The number of hydrogen-bond acceptors (Lipinski definition) is 4. The Morgan fingerprint density at radius 2 is 1.55 bits per heavy atom. The van der Waals surface area contributed by atoms with E-state index in [1.54, 1.807) is 16.7 Å². The Balaban J connectivity index is 1.43. The third kappa shape index (κ3) is 7.54. The minimum absolute atomic E-state index is 0.0488. The number of aliphatic carboxylic acids is 1. The molecule has 0 spiro atoms. The third-order valence-corrected chi connectivity index (χ3v) is 7.12. The van der Waals surface area contributed by atoms with E-state index in [1.807, 2.05) is 31.2 Å². The van der Waals surface area contributed by atoms with Crippen LogP contribution in [0.25, 0.3) is 11.3 Å². The highest BCUT2D eigenvalue weighted by Crippen LogP contribution is 2.32. The van der Waals surface area contributed by atoms with E-state index in [-0.39, 0.29) is 22.5 Å². The lowest BCUT2D eigenvalue weighted by atomic mass is 9.87. The molecule has 2 heterocycles. The number of aromatic nitrogens is 4. The van der Waals surface area contributed by atoms with Gasteiger partial charge >= 0.3 is 17.8 Å². The minimum atomic E-state index is -4.62. The quantitative estimate of drug-likeness (QED) is 0.238. The highest BCUT2D eigenvalue weighted by Gasteiger charge is 2.32. The van der Waals surface area contributed by atoms with Gasteiger partial charge in [0.15, 0.2) is 0 Å². The van der Waals surface area contributed by atoms with Gasteiger partial charge in [0.2, 0.25) is 0 Å². The summed E-state index contributed by atoms with van der Waals surface area (Å²) < 4.78 is 43.3. The van der Waals surface area contributed by atoms with Crippen LogP contribution in [0.15, 0.2) is 65.5 Å². The summed E-state index contributed by atoms with van der Waals surface area (Å²) in [5.74, 6) is -0.541. The van der Waals surface area contributed by atoms with E-state index in [9.17, 15) is 22.8 Å². The number of benzene rings is 2. The second-order valence-corrected chi connectivity index (χ2v) is 11.4. The molecular weight excluding hydrogens is 545 g/mol. The molecule has 0 saturated heterocycles. The number of carboxylic acid groups (broad SMARTS) is 1. The van der Waals surface area contributed by atoms with Gasteiger partial charge in [0.05, 0.1) is 29.9 Å². The highest BCUT2D eigenvalue weighted by atomic mass is 19.4. The molecule has 0 aliphatic rings. The lowest BCUT2D eigenvalue weighted by Gasteiger charge is -2.19. The fraction of sp³-hybridized carbons (Fsp3) is 0.375. The van der Waals surface area contributed by atoms with Crippen LogP contribution in [0.3, 0.4) is 0 Å². The zero-order valence-corrected chi connectivity index (χ0v) is 24.2. The summed E-state index contributed by atoms with van der Waals surface area (Å²) in [5, 5.41) is 13.6. The summed E-state index contributed by atoms with van der Waals surface area (Å²) in [6.07, 6.45) is -3.22. The standard InChI is InChI=1S/C32H35F3N4O3/c1-5-38-28(37-39(30(38)42)20-22-11-15-24(16-12-22)31(2,3)4)8-6-7-21-9-13-23(14-10-21)27-18-25(32(33,34)35)17-26(36-27)19-29(40)41/h9-18H,5-8,19-20H2,1-4H3,(H,40,41). The van der Waals surface area contributed by atoms with Crippen LogP contribution in [-0.2, 0) is 48.7 Å². The van der Waals surface area contributed by atoms with E-state index in [1.165, 1.54) is 10.2 Å². The van der Waals surface area contributed by atoms with Crippen LogP contribution in [0.1, 0.15) is 67.9 Å². The molecule has 2 aromatic heterocycles. The number of carbonyl (C=O) groups is 1. The van der Waals surface area contributed by atoms with Gasteiger partial charge in [-0.3, -0.25) is 14.3 Å². The van der Waals surface area contributed by atoms with E-state index >= 15 is 0 Å². The zero-order chi connectivity index (χ0) is 30.7. The molecule has 0 saturated carbocycles. The number of pyridine rings is 1. The van der Waals surface area contributed by atoms with Gasteiger partial charge in [-0.15, -0.1) is 0 Å². The molecule has 4 aromatic rings. The molecule has 7 nitrogen and oxygen atoms in total. The fourth-order valence-electron chi connectivity index (χ4n) is 4.81. The Bertz CT molecular complexity index is 1600. The highest BCUT2D eigenvalue weighted by molar-refractivity contribution is 5.70. The number of nitrogens with zero attached hydrogens (tertiary/aromatic N) is 4. The minimum Gasteiger partial charge on any atom is -0.481 e. The number of halogens is 3. The maximum absolute atomic E-state index is 13.4. The van der Waals surface area contributed by atoms with E-state index < -0.39 is 24.1 Å². The molecule has 0 amide bonds. The summed E-state index contributed by atoms with van der Waals surface area (Å²) >= 11 is 0. The lowest BCUT2D eigenvalue weighted by molar-refractivity contribution is -0.138. The molecule has 1 N–H and O–H groups in total. The molecule has 2 aromatic carbocycles. The van der Waals surface area contributed by atoms with Crippen LogP contribution in [-0.4, -0.2) is 30.4 Å². The third-order valence-electron chi connectivity index (χ3n) is 7.12. The van der Waals surface area contributed by atoms with Crippen LogP contribution < -0.4 is 5.69 Å². The fourth-order valence-corrected chi connectivity index (χ4v) is 4.81. The SMILES string of the molecule is CCn1c(CCCc2ccc(-c3cc(C(F)(F)F)cc(CC(=O)O)n3)cc2)nn(Cc2ccc(C(C)(C)C)cc2)c1=O. The first-order valence-electron chi connectivity index (χ1n) is 13.9. The van der Waals surface area contributed by atoms with Gasteiger partial charge in [0.25, 0.3) is 0 Å². The zero-order valence-electron chi connectivity index (χ0n) is 24.2. The van der Waals surface area contributed by atoms with Crippen molar-refractivity contribution in [3.8, 4) is 11.3 Å². The van der Waals surface area contributed by atoms with Crippen LogP contribution >= 0.6 is 0 Å². The monoisotopic (exact) mass is 580 g/mol. The topological polar surface area (TPSA) is 90.0 Å². The summed E-state index contributed by atoms with van der Waals surface area (Å²) in [4.78, 5) is 28.2. The van der Waals surface area contributed by atoms with E-state index in [2.05, 4.69) is 43.0 Å². The molecule has 0 bridgehead atoms. The van der Waals surface area contributed by atoms with E-state index in [4.69, 9.17) is 5.11 Å². The molecule has 4 rings (SSSR count). The van der Waals surface area contributed by atoms with Crippen LogP contribution in [0.4, 0.5) is 13.2 Å². The second kappa shape index (κ2) is 12.3. The largest absolute Gasteiger partial charge is 0.481 e. The number of alkyl halides is 3. The molecule has 222 valence electrons. The van der Waals surface area contributed by atoms with Crippen molar-refractivity contribution in [3.05, 3.63) is 105 Å². The van der Waals surface area contributed by atoms with Crippen molar-refractivity contribution in [2.75, 3.05) is 0 Å². The first-order valence-corrected chi connectivity index (χ1v) is 13.9. The van der Waals surface area contributed by atoms with Crippen molar-refractivity contribution in [2.45, 2.75) is 78.1 Å². The van der Waals surface area contributed by atoms with Crippen molar-refractivity contribution in [1.82, 2.24) is 19.3 Å². The summed E-state index contributed by atoms with van der Waals surface area (Å²) in [5.41, 5.74) is 2.54. The Labute approximate surface area is 242 Å². The number of rotatable bonds is 10. The van der Waals surface area contributed by atoms with Crippen molar-refractivity contribution >= 4 is 5.97 Å². The molecule has 0 aliphatic heterocycles. The van der Waals surface area contributed by atoms with Gasteiger partial charge in [-0.05, 0) is 54.0 Å². The van der Waals surface area contributed by atoms with Gasteiger partial charge in [-0.1, -0.05) is 69.3 Å². The summed E-state index contributed by atoms with van der Waals surface area (Å²) in [6.45, 7) is 9.29. The lowest BCUT2D eigenvalue weighted by Crippen LogP contribution is -2.25. The normalized spacial score (nSPS) is 12.1. The maximum atomic E-state index is 13.4. The smallest absolute Gasteiger partial charge is 0.416 e. The Hall–Kier alpha value is -4.21.